The molecule has 200 valence electrons. The smallest absolute Gasteiger partial charge is 0.328 e. The average Bonchev–Trinajstić information content (AvgIpc) is 2.91. The lowest BCUT2D eigenvalue weighted by atomic mass is 10.1. The number of benzene rings is 2. The van der Waals surface area contributed by atoms with E-state index in [9.17, 15) is 23.9 Å². The van der Waals surface area contributed by atoms with Crippen LogP contribution in [0.2, 0.25) is 5.02 Å². The molecule has 2 aromatic carbocycles. The molecule has 12 heteroatoms. The van der Waals surface area contributed by atoms with E-state index >= 15 is 0 Å². The predicted octanol–water partition coefficient (Wildman–Crippen LogP) is 4.85. The number of imide groups is 1. The molecule has 10 nitrogen and oxygen atoms in total. The van der Waals surface area contributed by atoms with Gasteiger partial charge < -0.3 is 15.2 Å². The highest BCUT2D eigenvalue weighted by Gasteiger charge is 2.40. The van der Waals surface area contributed by atoms with Gasteiger partial charge in [0.2, 0.25) is 11.8 Å². The molecule has 2 N–H and O–H groups in total. The van der Waals surface area contributed by atoms with E-state index in [-0.39, 0.29) is 42.5 Å². The number of urea groups is 1. The van der Waals surface area contributed by atoms with Crippen molar-refractivity contribution in [2.24, 2.45) is 5.92 Å². The van der Waals surface area contributed by atoms with Crippen LogP contribution in [0.5, 0.6) is 11.6 Å². The summed E-state index contributed by atoms with van der Waals surface area (Å²) in [5.74, 6) is -3.47. The van der Waals surface area contributed by atoms with Gasteiger partial charge in [-0.1, -0.05) is 36.7 Å². The standard InChI is InChI=1S/C27H23ClFN5O5/c1-16(26(36)37)14-34-25(35)12-23(33(27(34)38)15-17-5-7-18(28)8-6-17)31-19-9-10-22(21(29)11-19)39-24-4-2-3-20(13-30)32-24/h2-11,16,23,31H,12,14-15H2,1H3,(H,36,37)/t16-,23?/m0/s1. The number of anilines is 1. The quantitative estimate of drug-likeness (QED) is 0.385. The van der Waals surface area contributed by atoms with Crippen molar-refractivity contribution >= 4 is 35.2 Å². The van der Waals surface area contributed by atoms with Crippen molar-refractivity contribution in [3.05, 3.63) is 82.8 Å². The number of hydrogen-bond acceptors (Lipinski definition) is 7. The lowest BCUT2D eigenvalue weighted by molar-refractivity contribution is -0.143. The van der Waals surface area contributed by atoms with E-state index in [1.54, 1.807) is 30.3 Å². The van der Waals surface area contributed by atoms with E-state index in [1.807, 2.05) is 6.07 Å². The van der Waals surface area contributed by atoms with Gasteiger partial charge >= 0.3 is 12.0 Å². The third-order valence-corrected chi connectivity index (χ3v) is 6.24. The minimum atomic E-state index is -1.13. The fraction of sp³-hybridized carbons (Fsp3) is 0.222. The Morgan fingerprint density at radius 2 is 2.00 bits per heavy atom. The summed E-state index contributed by atoms with van der Waals surface area (Å²) < 4.78 is 20.4. The van der Waals surface area contributed by atoms with Crippen molar-refractivity contribution in [2.75, 3.05) is 11.9 Å². The van der Waals surface area contributed by atoms with E-state index in [2.05, 4.69) is 10.3 Å². The second-order valence-electron chi connectivity index (χ2n) is 8.86. The fourth-order valence-electron chi connectivity index (χ4n) is 3.92. The number of nitriles is 1. The van der Waals surface area contributed by atoms with Gasteiger partial charge in [0.1, 0.15) is 17.9 Å². The largest absolute Gasteiger partial charge is 0.481 e. The molecule has 3 aromatic rings. The van der Waals surface area contributed by atoms with Gasteiger partial charge in [-0.25, -0.2) is 14.2 Å². The molecule has 3 amide bonds. The van der Waals surface area contributed by atoms with E-state index in [0.29, 0.717) is 5.02 Å². The lowest BCUT2D eigenvalue weighted by Crippen LogP contribution is -2.59. The Hall–Kier alpha value is -4.69. The fourth-order valence-corrected chi connectivity index (χ4v) is 4.04. The van der Waals surface area contributed by atoms with Crippen LogP contribution in [0.25, 0.3) is 0 Å². The highest BCUT2D eigenvalue weighted by Crippen LogP contribution is 2.28. The molecule has 0 radical (unpaired) electrons. The van der Waals surface area contributed by atoms with Gasteiger partial charge in [0.05, 0.1) is 12.3 Å². The van der Waals surface area contributed by atoms with Crippen LogP contribution in [0.1, 0.15) is 24.6 Å². The zero-order valence-corrected chi connectivity index (χ0v) is 21.4. The number of rotatable bonds is 9. The Morgan fingerprint density at radius 1 is 1.26 bits per heavy atom. The maximum atomic E-state index is 14.9. The Balaban J connectivity index is 1.56. The molecule has 4 rings (SSSR count). The van der Waals surface area contributed by atoms with Crippen LogP contribution in [0, 0.1) is 23.1 Å². The van der Waals surface area contributed by atoms with Crippen molar-refractivity contribution in [1.82, 2.24) is 14.8 Å². The molecule has 0 spiro atoms. The molecule has 1 fully saturated rings. The number of carboxylic acid groups (broad SMARTS) is 1. The number of carbonyl (C=O) groups is 3. The highest BCUT2D eigenvalue weighted by molar-refractivity contribution is 6.30. The molecule has 2 atom stereocenters. The van der Waals surface area contributed by atoms with Gasteiger partial charge in [0, 0.05) is 35.9 Å². The molecular formula is C27H23ClFN5O5. The zero-order valence-electron chi connectivity index (χ0n) is 20.7. The summed E-state index contributed by atoms with van der Waals surface area (Å²) in [5, 5.41) is 21.8. The van der Waals surface area contributed by atoms with Gasteiger partial charge in [-0.2, -0.15) is 5.26 Å². The molecule has 0 aliphatic carbocycles. The normalized spacial score (nSPS) is 16.0. The SMILES string of the molecule is C[C@@H](CN1C(=O)CC(Nc2ccc(Oc3cccc(C#N)n3)c(F)c2)N(Cc2ccc(Cl)cc2)C1=O)C(=O)O. The van der Waals surface area contributed by atoms with E-state index in [0.717, 1.165) is 16.5 Å². The number of amides is 3. The van der Waals surface area contributed by atoms with Crippen molar-refractivity contribution < 1.29 is 28.6 Å². The first-order valence-electron chi connectivity index (χ1n) is 11.8. The summed E-state index contributed by atoms with van der Waals surface area (Å²) in [7, 11) is 0. The highest BCUT2D eigenvalue weighted by atomic mass is 35.5. The van der Waals surface area contributed by atoms with Crippen LogP contribution >= 0.6 is 11.6 Å². The van der Waals surface area contributed by atoms with Crippen molar-refractivity contribution in [3.63, 3.8) is 0 Å². The van der Waals surface area contributed by atoms with Crippen molar-refractivity contribution in [1.29, 1.82) is 5.26 Å². The average molecular weight is 552 g/mol. The zero-order chi connectivity index (χ0) is 28.1. The Bertz CT molecular complexity index is 1450. The molecule has 39 heavy (non-hydrogen) atoms. The summed E-state index contributed by atoms with van der Waals surface area (Å²) in [6, 6.07) is 16.6. The number of pyridine rings is 1. The Kier molecular flexibility index (Phi) is 8.27. The molecule has 1 unspecified atom stereocenters. The Morgan fingerprint density at radius 3 is 2.67 bits per heavy atom. The van der Waals surface area contributed by atoms with E-state index < -0.39 is 35.8 Å². The summed E-state index contributed by atoms with van der Waals surface area (Å²) in [6.07, 6.45) is -1.02. The topological polar surface area (TPSA) is 136 Å². The molecule has 0 saturated carbocycles. The number of carbonyl (C=O) groups excluding carboxylic acids is 2. The minimum absolute atomic E-state index is 0.0435. The number of hydrogen-bond donors (Lipinski definition) is 2. The van der Waals surface area contributed by atoms with Gasteiger partial charge in [-0.05, 0) is 35.9 Å². The van der Waals surface area contributed by atoms with Gasteiger partial charge in [0.25, 0.3) is 0 Å². The van der Waals surface area contributed by atoms with Crippen molar-refractivity contribution in [2.45, 2.75) is 26.1 Å². The third-order valence-electron chi connectivity index (χ3n) is 5.98. The van der Waals surface area contributed by atoms with Crippen LogP contribution in [-0.2, 0) is 16.1 Å². The summed E-state index contributed by atoms with van der Waals surface area (Å²) in [6.45, 7) is 1.22. The first-order chi connectivity index (χ1) is 18.6. The number of ether oxygens (including phenoxy) is 1. The van der Waals surface area contributed by atoms with E-state index in [1.165, 1.54) is 36.1 Å². The Labute approximate surface area is 228 Å². The number of aromatic nitrogens is 1. The maximum absolute atomic E-state index is 14.9. The number of halogens is 2. The molecule has 2 heterocycles. The molecule has 1 saturated heterocycles. The van der Waals surface area contributed by atoms with Crippen LogP contribution < -0.4 is 10.1 Å². The van der Waals surface area contributed by atoms with Gasteiger partial charge in [0.15, 0.2) is 11.6 Å². The lowest BCUT2D eigenvalue weighted by Gasteiger charge is -2.41. The maximum Gasteiger partial charge on any atom is 0.328 e. The molecule has 0 bridgehead atoms. The summed E-state index contributed by atoms with van der Waals surface area (Å²) >= 11 is 5.98. The van der Waals surface area contributed by atoms with Crippen LogP contribution in [0.4, 0.5) is 14.9 Å². The summed E-state index contributed by atoms with van der Waals surface area (Å²) in [4.78, 5) is 43.9. The van der Waals surface area contributed by atoms with Gasteiger partial charge in [-0.3, -0.25) is 19.4 Å². The van der Waals surface area contributed by atoms with Crippen LogP contribution in [0.3, 0.4) is 0 Å². The molecule has 1 aliphatic rings. The molecule has 1 aliphatic heterocycles. The number of nitrogens with one attached hydrogen (secondary N) is 1. The minimum Gasteiger partial charge on any atom is -0.481 e. The van der Waals surface area contributed by atoms with Crippen LogP contribution in [0.15, 0.2) is 60.7 Å². The first-order valence-corrected chi connectivity index (χ1v) is 12.2. The summed E-state index contributed by atoms with van der Waals surface area (Å²) in [5.41, 5.74) is 1.12. The monoisotopic (exact) mass is 551 g/mol. The molecular weight excluding hydrogens is 529 g/mol. The van der Waals surface area contributed by atoms with Crippen molar-refractivity contribution in [3.8, 4) is 17.7 Å². The molecule has 1 aromatic heterocycles. The first kappa shape index (κ1) is 27.3. The van der Waals surface area contributed by atoms with Gasteiger partial charge in [-0.15, -0.1) is 0 Å². The second kappa shape index (κ2) is 11.8. The number of carboxylic acids is 1. The number of nitrogens with zero attached hydrogens (tertiary/aromatic N) is 4. The number of aliphatic carboxylic acids is 1. The van der Waals surface area contributed by atoms with Crippen LogP contribution in [-0.4, -0.2) is 50.5 Å². The third kappa shape index (κ3) is 6.61. The van der Waals surface area contributed by atoms with E-state index in [4.69, 9.17) is 21.6 Å². The second-order valence-corrected chi connectivity index (χ2v) is 9.30. The predicted molar refractivity (Wildman–Crippen MR) is 138 cm³/mol.